The van der Waals surface area contributed by atoms with Crippen LogP contribution in [0.5, 0.6) is 5.75 Å². The van der Waals surface area contributed by atoms with Gasteiger partial charge in [0.15, 0.2) is 0 Å². The zero-order valence-corrected chi connectivity index (χ0v) is 14.0. The highest BCUT2D eigenvalue weighted by molar-refractivity contribution is 9.11. The molecular weight excluding hydrogens is 395 g/mol. The van der Waals surface area contributed by atoms with Gasteiger partial charge in [-0.05, 0) is 56.1 Å². The molecule has 100 valence electrons. The van der Waals surface area contributed by atoms with E-state index in [2.05, 4.69) is 36.8 Å². The van der Waals surface area contributed by atoms with Crippen LogP contribution in [0.15, 0.2) is 39.4 Å². The summed E-state index contributed by atoms with van der Waals surface area (Å²) < 4.78 is 7.03. The second-order valence-corrected chi connectivity index (χ2v) is 6.09. The Morgan fingerprint density at radius 3 is 2.68 bits per heavy atom. The van der Waals surface area contributed by atoms with E-state index in [0.29, 0.717) is 10.8 Å². The zero-order chi connectivity index (χ0) is 14.0. The van der Waals surface area contributed by atoms with E-state index in [1.165, 1.54) is 0 Å². The summed E-state index contributed by atoms with van der Waals surface area (Å²) in [6.45, 7) is 0. The number of ether oxygens (including phenoxy) is 1. The normalized spacial score (nSPS) is 12.3. The fourth-order valence-corrected chi connectivity index (χ4v) is 3.16. The first-order chi connectivity index (χ1) is 9.02. The molecule has 1 unspecified atom stereocenters. The lowest BCUT2D eigenvalue weighted by Crippen LogP contribution is -2.15. The van der Waals surface area contributed by atoms with Gasteiger partial charge in [0.05, 0.1) is 18.8 Å². The van der Waals surface area contributed by atoms with Crippen molar-refractivity contribution in [1.82, 2.24) is 4.98 Å². The van der Waals surface area contributed by atoms with Gasteiger partial charge in [-0.1, -0.05) is 11.6 Å². The Hall–Kier alpha value is -0.620. The summed E-state index contributed by atoms with van der Waals surface area (Å²) in [5, 5.41) is 0.611. The number of halogens is 3. The lowest BCUT2D eigenvalue weighted by Gasteiger charge is -2.17. The van der Waals surface area contributed by atoms with Crippen LogP contribution in [0.1, 0.15) is 17.3 Å². The van der Waals surface area contributed by atoms with Crippen LogP contribution in [0.25, 0.3) is 0 Å². The molecule has 0 aliphatic heterocycles. The highest BCUT2D eigenvalue weighted by Crippen LogP contribution is 2.33. The standard InChI is InChI=1S/C13H11Br2ClN2O/c1-19-11-3-2-8(16)5-9(11)12(17)13-10(15)4-7(14)6-18-13/h2-6,12H,17H2,1H3. The first-order valence-corrected chi connectivity index (χ1v) is 7.39. The Bertz CT molecular complexity index is 607. The van der Waals surface area contributed by atoms with E-state index in [4.69, 9.17) is 22.1 Å². The predicted octanol–water partition coefficient (Wildman–Crippen LogP) is 4.32. The summed E-state index contributed by atoms with van der Waals surface area (Å²) in [5.41, 5.74) is 7.79. The quantitative estimate of drug-likeness (QED) is 0.826. The third-order valence-electron chi connectivity index (χ3n) is 2.66. The molecule has 0 fully saturated rings. The van der Waals surface area contributed by atoms with E-state index in [1.807, 2.05) is 6.07 Å². The SMILES string of the molecule is COc1ccc(Cl)cc1C(N)c1ncc(Br)cc1Br. The van der Waals surface area contributed by atoms with Crippen molar-refractivity contribution < 1.29 is 4.74 Å². The van der Waals surface area contributed by atoms with Gasteiger partial charge in [-0.2, -0.15) is 0 Å². The number of pyridine rings is 1. The van der Waals surface area contributed by atoms with E-state index in [-0.39, 0.29) is 0 Å². The lowest BCUT2D eigenvalue weighted by atomic mass is 10.0. The maximum absolute atomic E-state index is 6.27. The summed E-state index contributed by atoms with van der Waals surface area (Å²) in [6, 6.07) is 6.84. The number of nitrogens with two attached hydrogens (primary N) is 1. The Morgan fingerprint density at radius 2 is 2.05 bits per heavy atom. The van der Waals surface area contributed by atoms with Gasteiger partial charge in [0.2, 0.25) is 0 Å². The van der Waals surface area contributed by atoms with Gasteiger partial charge in [-0.25, -0.2) is 0 Å². The molecule has 0 amide bonds. The molecule has 0 saturated carbocycles. The van der Waals surface area contributed by atoms with Crippen LogP contribution >= 0.6 is 43.5 Å². The highest BCUT2D eigenvalue weighted by atomic mass is 79.9. The minimum atomic E-state index is -0.420. The minimum Gasteiger partial charge on any atom is -0.496 e. The van der Waals surface area contributed by atoms with E-state index in [0.717, 1.165) is 20.2 Å². The minimum absolute atomic E-state index is 0.420. The molecule has 1 heterocycles. The van der Waals surface area contributed by atoms with Gasteiger partial charge in [0.25, 0.3) is 0 Å². The summed E-state index contributed by atoms with van der Waals surface area (Å²) in [5.74, 6) is 0.688. The van der Waals surface area contributed by atoms with Crippen molar-refractivity contribution in [2.45, 2.75) is 6.04 Å². The average Bonchev–Trinajstić information content (AvgIpc) is 2.38. The van der Waals surface area contributed by atoms with Crippen LogP contribution in [-0.2, 0) is 0 Å². The van der Waals surface area contributed by atoms with Crippen LogP contribution in [0.4, 0.5) is 0 Å². The van der Waals surface area contributed by atoms with Crippen LogP contribution in [0.3, 0.4) is 0 Å². The second kappa shape index (κ2) is 6.22. The summed E-state index contributed by atoms with van der Waals surface area (Å²) in [4.78, 5) is 4.34. The van der Waals surface area contributed by atoms with Crippen LogP contribution in [0.2, 0.25) is 5.02 Å². The molecule has 2 N–H and O–H groups in total. The predicted molar refractivity (Wildman–Crippen MR) is 83.7 cm³/mol. The molecule has 2 rings (SSSR count). The van der Waals surface area contributed by atoms with Crippen molar-refractivity contribution in [3.8, 4) is 5.75 Å². The third kappa shape index (κ3) is 3.28. The Balaban J connectivity index is 2.49. The fourth-order valence-electron chi connectivity index (χ4n) is 1.75. The van der Waals surface area contributed by atoms with Gasteiger partial charge >= 0.3 is 0 Å². The molecule has 0 saturated heterocycles. The molecular formula is C13H11Br2ClN2O. The number of rotatable bonds is 3. The number of aromatic nitrogens is 1. The molecule has 0 radical (unpaired) electrons. The van der Waals surface area contributed by atoms with E-state index < -0.39 is 6.04 Å². The zero-order valence-electron chi connectivity index (χ0n) is 10.0. The summed E-state index contributed by atoms with van der Waals surface area (Å²) in [6.07, 6.45) is 1.71. The Morgan fingerprint density at radius 1 is 1.32 bits per heavy atom. The monoisotopic (exact) mass is 404 g/mol. The van der Waals surface area contributed by atoms with Crippen molar-refractivity contribution >= 4 is 43.5 Å². The topological polar surface area (TPSA) is 48.1 Å². The molecule has 0 bridgehead atoms. The van der Waals surface area contributed by atoms with Gasteiger partial charge in [0.1, 0.15) is 5.75 Å². The molecule has 0 aliphatic carbocycles. The molecule has 6 heteroatoms. The van der Waals surface area contributed by atoms with E-state index in [1.54, 1.807) is 31.5 Å². The molecule has 1 aromatic heterocycles. The van der Waals surface area contributed by atoms with Gasteiger partial charge in [-0.15, -0.1) is 0 Å². The Labute approximate surface area is 133 Å². The highest BCUT2D eigenvalue weighted by Gasteiger charge is 2.18. The van der Waals surface area contributed by atoms with Crippen LogP contribution < -0.4 is 10.5 Å². The van der Waals surface area contributed by atoms with E-state index in [9.17, 15) is 0 Å². The first-order valence-electron chi connectivity index (χ1n) is 5.43. The van der Waals surface area contributed by atoms with Crippen molar-refractivity contribution in [2.24, 2.45) is 5.73 Å². The van der Waals surface area contributed by atoms with Crippen LogP contribution in [0, 0.1) is 0 Å². The van der Waals surface area contributed by atoms with Crippen molar-refractivity contribution in [1.29, 1.82) is 0 Å². The molecule has 2 aromatic rings. The van der Waals surface area contributed by atoms with E-state index >= 15 is 0 Å². The number of hydrogen-bond acceptors (Lipinski definition) is 3. The number of benzene rings is 1. The third-order valence-corrected chi connectivity index (χ3v) is 3.96. The maximum atomic E-state index is 6.27. The van der Waals surface area contributed by atoms with Gasteiger partial charge < -0.3 is 10.5 Å². The van der Waals surface area contributed by atoms with Gasteiger partial charge in [0, 0.05) is 25.7 Å². The molecule has 3 nitrogen and oxygen atoms in total. The average molecular weight is 407 g/mol. The maximum Gasteiger partial charge on any atom is 0.124 e. The summed E-state index contributed by atoms with van der Waals surface area (Å²) in [7, 11) is 1.60. The summed E-state index contributed by atoms with van der Waals surface area (Å²) >= 11 is 12.8. The number of methoxy groups -OCH3 is 1. The van der Waals surface area contributed by atoms with Gasteiger partial charge in [-0.3, -0.25) is 4.98 Å². The van der Waals surface area contributed by atoms with Crippen molar-refractivity contribution in [2.75, 3.05) is 7.11 Å². The molecule has 1 aromatic carbocycles. The van der Waals surface area contributed by atoms with Crippen molar-refractivity contribution in [3.05, 3.63) is 55.7 Å². The fraction of sp³-hybridized carbons (Fsp3) is 0.154. The van der Waals surface area contributed by atoms with Crippen molar-refractivity contribution in [3.63, 3.8) is 0 Å². The number of hydrogen-bond donors (Lipinski definition) is 1. The molecule has 1 atom stereocenters. The molecule has 0 spiro atoms. The largest absolute Gasteiger partial charge is 0.496 e. The smallest absolute Gasteiger partial charge is 0.124 e. The molecule has 0 aliphatic rings. The lowest BCUT2D eigenvalue weighted by molar-refractivity contribution is 0.407. The second-order valence-electron chi connectivity index (χ2n) is 3.88. The number of nitrogens with zero attached hydrogens (tertiary/aromatic N) is 1. The molecule has 19 heavy (non-hydrogen) atoms. The van der Waals surface area contributed by atoms with Crippen LogP contribution in [-0.4, -0.2) is 12.1 Å². The Kier molecular flexibility index (Phi) is 4.84. The first kappa shape index (κ1) is 14.8.